The summed E-state index contributed by atoms with van der Waals surface area (Å²) >= 11 is 1.06. The van der Waals surface area contributed by atoms with Crippen LogP contribution in [0.3, 0.4) is 0 Å². The van der Waals surface area contributed by atoms with Gasteiger partial charge in [0.1, 0.15) is 10.5 Å². The number of hydrogen-bond donors (Lipinski definition) is 1. The van der Waals surface area contributed by atoms with Crippen LogP contribution in [-0.4, -0.2) is 78.8 Å². The molecule has 2 N–H and O–H groups in total. The molecule has 0 bridgehead atoms. The summed E-state index contributed by atoms with van der Waals surface area (Å²) in [4.78, 5) is 26.5. The van der Waals surface area contributed by atoms with Crippen molar-refractivity contribution >= 4 is 49.3 Å². The average Bonchev–Trinajstić information content (AvgIpc) is 3.62. The number of nitrogens with zero attached hydrogens (tertiary/aromatic N) is 7. The predicted octanol–water partition coefficient (Wildman–Crippen LogP) is 2.86. The van der Waals surface area contributed by atoms with Crippen LogP contribution in [-0.2, 0) is 6.54 Å². The lowest BCUT2D eigenvalue weighted by molar-refractivity contribution is 0.248. The Labute approximate surface area is 222 Å². The van der Waals surface area contributed by atoms with E-state index in [1.54, 1.807) is 41.3 Å². The summed E-state index contributed by atoms with van der Waals surface area (Å²) in [5.74, 6) is 0.638. The zero-order chi connectivity index (χ0) is 26.6. The minimum atomic E-state index is -2.22. The molecular weight excluding hydrogens is 531 g/mol. The Morgan fingerprint density at radius 3 is 2.61 bits per heavy atom. The second-order valence-corrected chi connectivity index (χ2v) is 13.4. The Kier molecular flexibility index (Phi) is 6.13. The standard InChI is InChI=1S/C24H27FN8O3S2/c1-38(2,35)15-5-6-17(16(25)14-15)31-10-7-30(8-11-31)9-12-32-21-19(37-24(32)34)22-27-20(18-4-3-13-36-18)29-33(22)23(26)28-21/h3-6,13-14,35H,7-12H2,1-2H3,(H2,26,28)/p-1. The number of hydrogen-bond acceptors (Lipinski definition) is 10. The molecular formula is C24H26FN8O3S2-. The number of halogens is 1. The van der Waals surface area contributed by atoms with Gasteiger partial charge < -0.3 is 29.9 Å². The number of benzene rings is 1. The number of nitrogen functional groups attached to an aromatic ring is 1. The summed E-state index contributed by atoms with van der Waals surface area (Å²) in [6, 6.07) is 8.32. The number of fused-ring (bicyclic) bond motifs is 3. The first kappa shape index (κ1) is 24.9. The highest BCUT2D eigenvalue weighted by molar-refractivity contribution is 8.28. The van der Waals surface area contributed by atoms with Crippen molar-refractivity contribution in [3.8, 4) is 11.6 Å². The molecule has 0 spiro atoms. The highest BCUT2D eigenvalue weighted by Crippen LogP contribution is 2.45. The maximum atomic E-state index is 14.8. The van der Waals surface area contributed by atoms with Crippen LogP contribution in [0.25, 0.3) is 27.6 Å². The van der Waals surface area contributed by atoms with E-state index in [1.807, 2.05) is 4.90 Å². The molecule has 5 heterocycles. The summed E-state index contributed by atoms with van der Waals surface area (Å²) in [5, 5.41) is 4.38. The van der Waals surface area contributed by atoms with Gasteiger partial charge in [0.15, 0.2) is 17.1 Å². The quantitative estimate of drug-likeness (QED) is 0.334. The van der Waals surface area contributed by atoms with Crippen LogP contribution in [0, 0.1) is 5.82 Å². The molecule has 38 heavy (non-hydrogen) atoms. The SMILES string of the molecule is CS(C)([O-])c1ccc(N2CCN(CCn3c(=O)sc4c3nc(N)n3nc(-c5ccco5)nc43)CC2)c(F)c1. The van der Waals surface area contributed by atoms with Crippen LogP contribution >= 0.6 is 21.6 Å². The maximum Gasteiger partial charge on any atom is 0.309 e. The predicted molar refractivity (Wildman–Crippen MR) is 146 cm³/mol. The van der Waals surface area contributed by atoms with Gasteiger partial charge in [-0.05, 0) is 47.7 Å². The molecule has 0 saturated carbocycles. The fourth-order valence-corrected chi connectivity index (χ4v) is 6.36. The molecule has 0 radical (unpaired) electrons. The van der Waals surface area contributed by atoms with Gasteiger partial charge in [0, 0.05) is 39.3 Å². The fourth-order valence-electron chi connectivity index (χ4n) is 4.64. The van der Waals surface area contributed by atoms with Gasteiger partial charge in [-0.3, -0.25) is 14.3 Å². The summed E-state index contributed by atoms with van der Waals surface area (Å²) in [7, 11) is -2.22. The third-order valence-electron chi connectivity index (χ3n) is 6.70. The molecule has 0 atom stereocenters. The molecule has 0 unspecified atom stereocenters. The minimum Gasteiger partial charge on any atom is -0.809 e. The highest BCUT2D eigenvalue weighted by atomic mass is 32.3. The van der Waals surface area contributed by atoms with Gasteiger partial charge in [0.25, 0.3) is 0 Å². The van der Waals surface area contributed by atoms with Crippen LogP contribution in [0.2, 0.25) is 0 Å². The van der Waals surface area contributed by atoms with E-state index in [0.717, 1.165) is 11.3 Å². The molecule has 11 nitrogen and oxygen atoms in total. The Morgan fingerprint density at radius 2 is 1.92 bits per heavy atom. The second kappa shape index (κ2) is 9.38. The van der Waals surface area contributed by atoms with Crippen LogP contribution in [0.1, 0.15) is 0 Å². The Balaban J connectivity index is 1.17. The first-order valence-corrected chi connectivity index (χ1v) is 15.2. The number of nitrogens with two attached hydrogens (primary N) is 1. The molecule has 14 heteroatoms. The monoisotopic (exact) mass is 557 g/mol. The van der Waals surface area contributed by atoms with Crippen molar-refractivity contribution in [3.05, 3.63) is 52.1 Å². The third-order valence-corrected chi connectivity index (χ3v) is 9.05. The van der Waals surface area contributed by atoms with Crippen molar-refractivity contribution in [2.75, 3.05) is 55.9 Å². The zero-order valence-corrected chi connectivity index (χ0v) is 22.5. The number of rotatable bonds is 6. The van der Waals surface area contributed by atoms with E-state index in [4.69, 9.17) is 10.2 Å². The van der Waals surface area contributed by atoms with E-state index in [0.29, 0.717) is 77.4 Å². The largest absolute Gasteiger partial charge is 0.809 e. The van der Waals surface area contributed by atoms with E-state index in [1.165, 1.54) is 16.8 Å². The molecule has 1 aliphatic heterocycles. The van der Waals surface area contributed by atoms with Crippen molar-refractivity contribution in [3.63, 3.8) is 0 Å². The van der Waals surface area contributed by atoms with E-state index >= 15 is 0 Å². The van der Waals surface area contributed by atoms with Crippen LogP contribution in [0.4, 0.5) is 16.0 Å². The van der Waals surface area contributed by atoms with Crippen molar-refractivity contribution < 1.29 is 13.4 Å². The van der Waals surface area contributed by atoms with Crippen molar-refractivity contribution in [1.29, 1.82) is 0 Å². The molecule has 5 aromatic rings. The number of piperazine rings is 1. The molecule has 0 amide bonds. The summed E-state index contributed by atoms with van der Waals surface area (Å²) < 4.78 is 36.1. The van der Waals surface area contributed by atoms with E-state index < -0.39 is 10.3 Å². The highest BCUT2D eigenvalue weighted by Gasteiger charge is 2.22. The lowest BCUT2D eigenvalue weighted by Gasteiger charge is -2.40. The third kappa shape index (κ3) is 4.42. The minimum absolute atomic E-state index is 0.132. The number of aromatic nitrogens is 5. The molecule has 0 aliphatic carbocycles. The van der Waals surface area contributed by atoms with Gasteiger partial charge in [-0.25, -0.2) is 9.37 Å². The van der Waals surface area contributed by atoms with E-state index in [-0.39, 0.29) is 16.6 Å². The fraction of sp³-hybridized carbons (Fsp3) is 0.333. The van der Waals surface area contributed by atoms with Gasteiger partial charge in [0.2, 0.25) is 11.8 Å². The van der Waals surface area contributed by atoms with Crippen LogP contribution < -0.4 is 15.5 Å². The van der Waals surface area contributed by atoms with Crippen LogP contribution in [0.15, 0.2) is 50.7 Å². The average molecular weight is 558 g/mol. The zero-order valence-electron chi connectivity index (χ0n) is 20.8. The van der Waals surface area contributed by atoms with Gasteiger partial charge in [0.05, 0.1) is 12.0 Å². The molecule has 1 aromatic carbocycles. The van der Waals surface area contributed by atoms with Gasteiger partial charge in [-0.1, -0.05) is 11.3 Å². The summed E-state index contributed by atoms with van der Waals surface area (Å²) in [5.41, 5.74) is 7.62. The second-order valence-electron chi connectivity index (χ2n) is 9.47. The van der Waals surface area contributed by atoms with E-state index in [9.17, 15) is 13.7 Å². The van der Waals surface area contributed by atoms with E-state index in [2.05, 4.69) is 20.0 Å². The first-order valence-electron chi connectivity index (χ1n) is 12.0. The van der Waals surface area contributed by atoms with Gasteiger partial charge >= 0.3 is 4.87 Å². The Hall–Kier alpha value is -3.46. The summed E-state index contributed by atoms with van der Waals surface area (Å²) in [6.45, 7) is 3.78. The molecule has 1 aliphatic rings. The maximum absolute atomic E-state index is 14.8. The van der Waals surface area contributed by atoms with Crippen molar-refractivity contribution in [1.82, 2.24) is 29.0 Å². The topological polar surface area (TPSA) is 134 Å². The normalized spacial score (nSPS) is 15.6. The molecule has 6 rings (SSSR count). The number of thiazole rings is 1. The van der Waals surface area contributed by atoms with Crippen molar-refractivity contribution in [2.24, 2.45) is 0 Å². The molecule has 200 valence electrons. The lowest BCUT2D eigenvalue weighted by atomic mass is 10.2. The molecule has 1 saturated heterocycles. The number of furan rings is 1. The Morgan fingerprint density at radius 1 is 1.13 bits per heavy atom. The molecule has 4 aromatic heterocycles. The summed E-state index contributed by atoms with van der Waals surface area (Å²) in [6.07, 6.45) is 4.76. The first-order chi connectivity index (χ1) is 18.2. The van der Waals surface area contributed by atoms with Gasteiger partial charge in [-0.15, -0.1) is 5.10 Å². The van der Waals surface area contributed by atoms with Crippen LogP contribution in [0.5, 0.6) is 0 Å². The molecule has 1 fully saturated rings. The number of anilines is 2. The van der Waals surface area contributed by atoms with Gasteiger partial charge in [-0.2, -0.15) is 9.50 Å². The Bertz CT molecular complexity index is 1680. The lowest BCUT2D eigenvalue weighted by Crippen LogP contribution is -2.47. The van der Waals surface area contributed by atoms with Crippen molar-refractivity contribution in [2.45, 2.75) is 11.4 Å². The smallest absolute Gasteiger partial charge is 0.309 e.